The van der Waals surface area contributed by atoms with E-state index in [-0.39, 0.29) is 5.63 Å². The Morgan fingerprint density at radius 1 is 1.25 bits per heavy atom. The Bertz CT molecular complexity index is 597. The van der Waals surface area contributed by atoms with Gasteiger partial charge in [0.25, 0.3) is 0 Å². The molecule has 0 spiro atoms. The van der Waals surface area contributed by atoms with Gasteiger partial charge in [-0.3, -0.25) is 0 Å². The number of fused-ring (bicyclic) bond motifs is 3. The molecule has 84 valence electrons. The normalized spacial score (nSPS) is 16.1. The Balaban J connectivity index is 2.34. The van der Waals surface area contributed by atoms with Crippen molar-refractivity contribution in [1.82, 2.24) is 4.98 Å². The first-order valence-corrected chi connectivity index (χ1v) is 6.49. The second-order valence-electron chi connectivity index (χ2n) is 4.26. The summed E-state index contributed by atoms with van der Waals surface area (Å²) in [5, 5.41) is 0.743. The van der Waals surface area contributed by atoms with Gasteiger partial charge < -0.3 is 4.42 Å². The second kappa shape index (κ2) is 3.70. The molecule has 4 heteroatoms. The highest BCUT2D eigenvalue weighted by atomic mass is 32.1. The Morgan fingerprint density at radius 2 is 2.06 bits per heavy atom. The predicted octanol–water partition coefficient (Wildman–Crippen LogP) is 2.83. The summed E-state index contributed by atoms with van der Waals surface area (Å²) in [6.45, 7) is 1.73. The summed E-state index contributed by atoms with van der Waals surface area (Å²) in [6, 6.07) is 0. The van der Waals surface area contributed by atoms with Crippen molar-refractivity contribution in [3.63, 3.8) is 0 Å². The molecule has 0 atom stereocenters. The van der Waals surface area contributed by atoms with E-state index in [0.29, 0.717) is 5.89 Å². The molecule has 2 heterocycles. The van der Waals surface area contributed by atoms with Crippen LogP contribution in [-0.4, -0.2) is 4.98 Å². The lowest BCUT2D eigenvalue weighted by molar-refractivity contribution is 0.467. The zero-order valence-corrected chi connectivity index (χ0v) is 10.0. The Hall–Kier alpha value is -1.16. The summed E-state index contributed by atoms with van der Waals surface area (Å²) < 4.78 is 5.10. The largest absolute Gasteiger partial charge is 0.408 e. The molecule has 1 aliphatic rings. The average molecular weight is 235 g/mol. The molecule has 0 fully saturated rings. The summed E-state index contributed by atoms with van der Waals surface area (Å²) in [5.41, 5.74) is 1.00. The van der Waals surface area contributed by atoms with Gasteiger partial charge in [-0.2, -0.15) is 0 Å². The number of nitrogens with zero attached hydrogens (tertiary/aromatic N) is 1. The van der Waals surface area contributed by atoms with Crippen molar-refractivity contribution in [2.75, 3.05) is 0 Å². The van der Waals surface area contributed by atoms with Crippen LogP contribution in [0.2, 0.25) is 0 Å². The van der Waals surface area contributed by atoms with E-state index in [1.807, 2.05) is 0 Å². The molecule has 0 amide bonds. The van der Waals surface area contributed by atoms with Gasteiger partial charge in [-0.25, -0.2) is 9.78 Å². The Labute approximate surface area is 97.1 Å². The maximum Gasteiger partial charge on any atom is 0.348 e. The molecule has 2 aromatic heterocycles. The van der Waals surface area contributed by atoms with E-state index in [4.69, 9.17) is 4.42 Å². The standard InChI is InChI=1S/C12H13NO2S/c1-7-13-11-10(12(14)15-7)8-5-3-2-4-6-9(8)16-11/h2-6H2,1H3. The van der Waals surface area contributed by atoms with Crippen LogP contribution in [0.3, 0.4) is 0 Å². The van der Waals surface area contributed by atoms with Gasteiger partial charge in [0.05, 0.1) is 0 Å². The smallest absolute Gasteiger partial charge is 0.348 e. The molecule has 0 N–H and O–H groups in total. The van der Waals surface area contributed by atoms with Crippen LogP contribution in [-0.2, 0) is 12.8 Å². The van der Waals surface area contributed by atoms with E-state index in [0.717, 1.165) is 23.1 Å². The van der Waals surface area contributed by atoms with Crippen LogP contribution in [0.15, 0.2) is 9.21 Å². The molecular weight excluding hydrogens is 222 g/mol. The SMILES string of the molecule is Cc1nc2sc3c(c2c(=O)o1)CCCCC3. The number of hydrogen-bond acceptors (Lipinski definition) is 4. The summed E-state index contributed by atoms with van der Waals surface area (Å²) in [4.78, 5) is 18.4. The minimum Gasteiger partial charge on any atom is -0.408 e. The zero-order valence-electron chi connectivity index (χ0n) is 9.21. The van der Waals surface area contributed by atoms with Gasteiger partial charge in [0.15, 0.2) is 5.89 Å². The molecule has 3 nitrogen and oxygen atoms in total. The minimum atomic E-state index is -0.207. The van der Waals surface area contributed by atoms with E-state index in [9.17, 15) is 4.79 Å². The fraction of sp³-hybridized carbons (Fsp3) is 0.500. The lowest BCUT2D eigenvalue weighted by Gasteiger charge is -1.96. The molecule has 1 aliphatic carbocycles. The third-order valence-electron chi connectivity index (χ3n) is 3.11. The van der Waals surface area contributed by atoms with Crippen LogP contribution in [0, 0.1) is 6.92 Å². The van der Waals surface area contributed by atoms with Crippen LogP contribution >= 0.6 is 11.3 Å². The van der Waals surface area contributed by atoms with Crippen molar-refractivity contribution in [3.05, 3.63) is 26.8 Å². The summed E-state index contributed by atoms with van der Waals surface area (Å²) in [7, 11) is 0. The molecule has 2 aromatic rings. The highest BCUT2D eigenvalue weighted by Crippen LogP contribution is 2.32. The fourth-order valence-corrected chi connectivity index (χ4v) is 3.66. The van der Waals surface area contributed by atoms with Crippen LogP contribution in [0.25, 0.3) is 10.2 Å². The van der Waals surface area contributed by atoms with Crippen LogP contribution in [0.1, 0.15) is 35.6 Å². The lowest BCUT2D eigenvalue weighted by atomic mass is 10.1. The number of rotatable bonds is 0. The first kappa shape index (κ1) is 10.0. The first-order valence-electron chi connectivity index (χ1n) is 5.67. The van der Waals surface area contributed by atoms with E-state index in [1.54, 1.807) is 18.3 Å². The summed E-state index contributed by atoms with van der Waals surface area (Å²) in [5.74, 6) is 0.467. The maximum absolute atomic E-state index is 11.8. The third kappa shape index (κ3) is 1.48. The van der Waals surface area contributed by atoms with E-state index in [1.165, 1.54) is 29.7 Å². The van der Waals surface area contributed by atoms with E-state index in [2.05, 4.69) is 4.98 Å². The van der Waals surface area contributed by atoms with Gasteiger partial charge in [-0.15, -0.1) is 11.3 Å². The van der Waals surface area contributed by atoms with Gasteiger partial charge in [0, 0.05) is 11.8 Å². The van der Waals surface area contributed by atoms with Crippen LogP contribution in [0.4, 0.5) is 0 Å². The molecule has 16 heavy (non-hydrogen) atoms. The minimum absolute atomic E-state index is 0.207. The maximum atomic E-state index is 11.8. The number of thiophene rings is 1. The van der Waals surface area contributed by atoms with Gasteiger partial charge in [-0.1, -0.05) is 6.42 Å². The molecule has 0 radical (unpaired) electrons. The molecule has 0 aliphatic heterocycles. The van der Waals surface area contributed by atoms with Gasteiger partial charge >= 0.3 is 5.63 Å². The fourth-order valence-electron chi connectivity index (χ4n) is 2.37. The monoisotopic (exact) mass is 235 g/mol. The topological polar surface area (TPSA) is 43.1 Å². The second-order valence-corrected chi connectivity index (χ2v) is 5.35. The molecule has 0 saturated heterocycles. The molecule has 0 saturated carbocycles. The molecular formula is C12H13NO2S. The molecule has 0 aromatic carbocycles. The number of hydrogen-bond donors (Lipinski definition) is 0. The molecule has 3 rings (SSSR count). The van der Waals surface area contributed by atoms with Crippen molar-refractivity contribution in [2.45, 2.75) is 39.0 Å². The van der Waals surface area contributed by atoms with E-state index < -0.39 is 0 Å². The van der Waals surface area contributed by atoms with Crippen molar-refractivity contribution in [2.24, 2.45) is 0 Å². The predicted molar refractivity (Wildman–Crippen MR) is 64.2 cm³/mol. The Morgan fingerprint density at radius 3 is 2.94 bits per heavy atom. The van der Waals surface area contributed by atoms with Crippen molar-refractivity contribution in [3.8, 4) is 0 Å². The quantitative estimate of drug-likeness (QED) is 0.659. The first-order chi connectivity index (χ1) is 7.75. The zero-order chi connectivity index (χ0) is 11.1. The van der Waals surface area contributed by atoms with Crippen LogP contribution < -0.4 is 5.63 Å². The van der Waals surface area contributed by atoms with Gasteiger partial charge in [-0.05, 0) is 31.2 Å². The molecule has 0 bridgehead atoms. The number of aryl methyl sites for hydroxylation is 3. The van der Waals surface area contributed by atoms with E-state index >= 15 is 0 Å². The van der Waals surface area contributed by atoms with Crippen LogP contribution in [0.5, 0.6) is 0 Å². The lowest BCUT2D eigenvalue weighted by Crippen LogP contribution is -2.03. The van der Waals surface area contributed by atoms with Crippen molar-refractivity contribution < 1.29 is 4.42 Å². The highest BCUT2D eigenvalue weighted by Gasteiger charge is 2.19. The van der Waals surface area contributed by atoms with Gasteiger partial charge in [0.2, 0.25) is 0 Å². The molecule has 0 unspecified atom stereocenters. The van der Waals surface area contributed by atoms with Crippen molar-refractivity contribution >= 4 is 21.6 Å². The van der Waals surface area contributed by atoms with Crippen molar-refractivity contribution in [1.29, 1.82) is 0 Å². The van der Waals surface area contributed by atoms with Gasteiger partial charge in [0.1, 0.15) is 10.2 Å². The highest BCUT2D eigenvalue weighted by molar-refractivity contribution is 7.18. The Kier molecular flexibility index (Phi) is 2.32. The summed E-state index contributed by atoms with van der Waals surface area (Å²) >= 11 is 1.67. The summed E-state index contributed by atoms with van der Waals surface area (Å²) in [6.07, 6.45) is 5.75. The third-order valence-corrected chi connectivity index (χ3v) is 4.29. The number of aromatic nitrogens is 1. The average Bonchev–Trinajstić information content (AvgIpc) is 2.42.